The summed E-state index contributed by atoms with van der Waals surface area (Å²) in [7, 11) is 1.83. The van der Waals surface area contributed by atoms with Gasteiger partial charge in [0.15, 0.2) is 0 Å². The number of anilines is 1. The number of hydrogen-bond acceptors (Lipinski definition) is 4. The van der Waals surface area contributed by atoms with Crippen LogP contribution in [0.5, 0.6) is 0 Å². The Labute approximate surface area is 128 Å². The van der Waals surface area contributed by atoms with Gasteiger partial charge in [-0.25, -0.2) is 4.98 Å². The van der Waals surface area contributed by atoms with Crippen LogP contribution in [-0.4, -0.2) is 14.8 Å². The van der Waals surface area contributed by atoms with Crippen LogP contribution in [-0.2, 0) is 7.05 Å². The Hall–Kier alpha value is -3.13. The number of benzene rings is 1. The first-order valence-corrected chi connectivity index (χ1v) is 6.85. The Balaban J connectivity index is 2.20. The molecule has 0 saturated heterocycles. The molecule has 108 valence electrons. The van der Waals surface area contributed by atoms with Crippen molar-refractivity contribution in [3.8, 4) is 28.5 Å². The normalized spacial score (nSPS) is 10.4. The van der Waals surface area contributed by atoms with E-state index in [9.17, 15) is 5.26 Å². The van der Waals surface area contributed by atoms with Crippen LogP contribution in [0.15, 0.2) is 42.7 Å². The van der Waals surface area contributed by atoms with Crippen LogP contribution in [0.25, 0.3) is 22.4 Å². The number of aromatic nitrogens is 3. The SMILES string of the molecule is Cc1ccc(-c2cc(-c3cnn(C)c3)c(C#N)c(N)n2)cc1. The average molecular weight is 289 g/mol. The second kappa shape index (κ2) is 5.34. The van der Waals surface area contributed by atoms with Crippen LogP contribution in [0.1, 0.15) is 11.1 Å². The van der Waals surface area contributed by atoms with Crippen LogP contribution < -0.4 is 5.73 Å². The van der Waals surface area contributed by atoms with Crippen LogP contribution in [0.2, 0.25) is 0 Å². The summed E-state index contributed by atoms with van der Waals surface area (Å²) >= 11 is 0. The maximum Gasteiger partial charge on any atom is 0.142 e. The highest BCUT2D eigenvalue weighted by Gasteiger charge is 2.14. The van der Waals surface area contributed by atoms with Gasteiger partial charge in [0.1, 0.15) is 17.5 Å². The molecule has 3 rings (SSSR count). The molecule has 0 unspecified atom stereocenters. The molecule has 1 aromatic carbocycles. The van der Waals surface area contributed by atoms with Gasteiger partial charge in [-0.1, -0.05) is 29.8 Å². The predicted octanol–water partition coefficient (Wildman–Crippen LogP) is 2.91. The Kier molecular flexibility index (Phi) is 3.36. The summed E-state index contributed by atoms with van der Waals surface area (Å²) in [6.45, 7) is 2.03. The van der Waals surface area contributed by atoms with E-state index in [-0.39, 0.29) is 5.82 Å². The summed E-state index contributed by atoms with van der Waals surface area (Å²) in [4.78, 5) is 4.36. The van der Waals surface area contributed by atoms with Crippen molar-refractivity contribution in [3.05, 3.63) is 53.9 Å². The van der Waals surface area contributed by atoms with Gasteiger partial charge in [-0.2, -0.15) is 10.4 Å². The molecule has 5 heteroatoms. The molecule has 0 aliphatic heterocycles. The molecular weight excluding hydrogens is 274 g/mol. The third-order valence-electron chi connectivity index (χ3n) is 3.52. The topological polar surface area (TPSA) is 80.5 Å². The molecule has 0 bridgehead atoms. The minimum Gasteiger partial charge on any atom is -0.383 e. The van der Waals surface area contributed by atoms with Gasteiger partial charge in [-0.05, 0) is 13.0 Å². The van der Waals surface area contributed by atoms with Crippen LogP contribution in [0.4, 0.5) is 5.82 Å². The van der Waals surface area contributed by atoms with Crippen LogP contribution in [0.3, 0.4) is 0 Å². The van der Waals surface area contributed by atoms with Crippen molar-refractivity contribution in [1.29, 1.82) is 5.26 Å². The Morgan fingerprint density at radius 1 is 1.18 bits per heavy atom. The van der Waals surface area contributed by atoms with Gasteiger partial charge in [0.2, 0.25) is 0 Å². The maximum absolute atomic E-state index is 9.37. The molecule has 0 amide bonds. The second-order valence-corrected chi connectivity index (χ2v) is 5.20. The van der Waals surface area contributed by atoms with Crippen LogP contribution >= 0.6 is 0 Å². The molecule has 22 heavy (non-hydrogen) atoms. The Morgan fingerprint density at radius 2 is 1.91 bits per heavy atom. The first-order valence-electron chi connectivity index (χ1n) is 6.85. The van der Waals surface area contributed by atoms with Crippen molar-refractivity contribution < 1.29 is 0 Å². The summed E-state index contributed by atoms with van der Waals surface area (Å²) in [6, 6.07) is 12.1. The summed E-state index contributed by atoms with van der Waals surface area (Å²) in [5.74, 6) is 0.236. The molecule has 2 N–H and O–H groups in total. The minimum atomic E-state index is 0.236. The lowest BCUT2D eigenvalue weighted by Gasteiger charge is -2.09. The summed E-state index contributed by atoms with van der Waals surface area (Å²) in [5, 5.41) is 13.5. The van der Waals surface area contributed by atoms with Crippen molar-refractivity contribution in [2.75, 3.05) is 5.73 Å². The first-order chi connectivity index (χ1) is 10.6. The summed E-state index contributed by atoms with van der Waals surface area (Å²) in [6.07, 6.45) is 3.57. The molecule has 0 spiro atoms. The van der Waals surface area contributed by atoms with Gasteiger partial charge in [0, 0.05) is 29.9 Å². The van der Waals surface area contributed by atoms with E-state index in [0.717, 1.165) is 22.4 Å². The molecular formula is C17H15N5. The number of rotatable bonds is 2. The smallest absolute Gasteiger partial charge is 0.142 e. The van der Waals surface area contributed by atoms with Gasteiger partial charge >= 0.3 is 0 Å². The van der Waals surface area contributed by atoms with E-state index in [1.54, 1.807) is 10.9 Å². The standard InChI is InChI=1S/C17H15N5/c1-11-3-5-12(6-4-11)16-7-14(13-9-20-22(2)10-13)15(8-18)17(19)21-16/h3-7,9-10H,1-2H3,(H2,19,21). The lowest BCUT2D eigenvalue weighted by atomic mass is 10.0. The van der Waals surface area contributed by atoms with Gasteiger partial charge in [-0.3, -0.25) is 4.68 Å². The quantitative estimate of drug-likeness (QED) is 0.786. The van der Waals surface area contributed by atoms with Crippen molar-refractivity contribution in [2.45, 2.75) is 6.92 Å². The van der Waals surface area contributed by atoms with Gasteiger partial charge in [0.25, 0.3) is 0 Å². The number of hydrogen-bond donors (Lipinski definition) is 1. The number of nitrogen functional groups attached to an aromatic ring is 1. The zero-order valence-electron chi connectivity index (χ0n) is 12.4. The van der Waals surface area contributed by atoms with Crippen molar-refractivity contribution in [2.24, 2.45) is 7.05 Å². The van der Waals surface area contributed by atoms with E-state index >= 15 is 0 Å². The molecule has 0 aliphatic rings. The molecule has 0 atom stereocenters. The fraction of sp³-hybridized carbons (Fsp3) is 0.118. The number of aryl methyl sites for hydroxylation is 2. The van der Waals surface area contributed by atoms with Gasteiger partial charge in [0.05, 0.1) is 11.9 Å². The molecule has 5 nitrogen and oxygen atoms in total. The fourth-order valence-electron chi connectivity index (χ4n) is 2.34. The Morgan fingerprint density at radius 3 is 2.50 bits per heavy atom. The zero-order chi connectivity index (χ0) is 15.7. The van der Waals surface area contributed by atoms with Crippen LogP contribution in [0, 0.1) is 18.3 Å². The van der Waals surface area contributed by atoms with E-state index in [0.29, 0.717) is 5.56 Å². The highest BCUT2D eigenvalue weighted by molar-refractivity contribution is 5.79. The largest absolute Gasteiger partial charge is 0.383 e. The molecule has 0 fully saturated rings. The molecule has 2 aromatic heterocycles. The van der Waals surface area contributed by atoms with E-state index in [1.165, 1.54) is 5.56 Å². The number of nitriles is 1. The summed E-state index contributed by atoms with van der Waals surface area (Å²) < 4.78 is 1.69. The average Bonchev–Trinajstić information content (AvgIpc) is 2.93. The van der Waals surface area contributed by atoms with Crippen molar-refractivity contribution in [3.63, 3.8) is 0 Å². The van der Waals surface area contributed by atoms with Crippen molar-refractivity contribution >= 4 is 5.82 Å². The second-order valence-electron chi connectivity index (χ2n) is 5.20. The van der Waals surface area contributed by atoms with E-state index in [1.807, 2.05) is 50.5 Å². The van der Waals surface area contributed by atoms with Gasteiger partial charge in [-0.15, -0.1) is 0 Å². The van der Waals surface area contributed by atoms with E-state index < -0.39 is 0 Å². The fourth-order valence-corrected chi connectivity index (χ4v) is 2.34. The summed E-state index contributed by atoms with van der Waals surface area (Å²) in [5.41, 5.74) is 10.8. The third kappa shape index (κ3) is 2.42. The number of nitrogens with two attached hydrogens (primary N) is 1. The monoisotopic (exact) mass is 289 g/mol. The van der Waals surface area contributed by atoms with Gasteiger partial charge < -0.3 is 5.73 Å². The lowest BCUT2D eigenvalue weighted by Crippen LogP contribution is -1.99. The Bertz CT molecular complexity index is 869. The number of pyridine rings is 1. The van der Waals surface area contributed by atoms with Crippen molar-refractivity contribution in [1.82, 2.24) is 14.8 Å². The zero-order valence-corrected chi connectivity index (χ0v) is 12.4. The molecule has 0 radical (unpaired) electrons. The molecule has 2 heterocycles. The molecule has 3 aromatic rings. The third-order valence-corrected chi connectivity index (χ3v) is 3.52. The first kappa shape index (κ1) is 13.8. The number of nitrogens with zero attached hydrogens (tertiary/aromatic N) is 4. The molecule has 0 saturated carbocycles. The van der Waals surface area contributed by atoms with E-state index in [4.69, 9.17) is 5.73 Å². The molecule has 0 aliphatic carbocycles. The highest BCUT2D eigenvalue weighted by atomic mass is 15.2. The minimum absolute atomic E-state index is 0.236. The maximum atomic E-state index is 9.37. The highest BCUT2D eigenvalue weighted by Crippen LogP contribution is 2.30. The van der Waals surface area contributed by atoms with E-state index in [2.05, 4.69) is 16.2 Å². The lowest BCUT2D eigenvalue weighted by molar-refractivity contribution is 0.768. The predicted molar refractivity (Wildman–Crippen MR) is 85.7 cm³/mol.